The third-order valence-electron chi connectivity index (χ3n) is 8.85. The molecule has 0 aliphatic carbocycles. The van der Waals surface area contributed by atoms with Crippen LogP contribution in [0.3, 0.4) is 0 Å². The maximum atomic E-state index is 6.33. The van der Waals surface area contributed by atoms with Crippen LogP contribution in [0.4, 0.5) is 0 Å². The van der Waals surface area contributed by atoms with Crippen molar-refractivity contribution < 1.29 is 4.74 Å². The Bertz CT molecular complexity index is 1610. The Balaban J connectivity index is 1.14. The van der Waals surface area contributed by atoms with Gasteiger partial charge in [-0.3, -0.25) is 4.98 Å². The number of benzene rings is 3. The van der Waals surface area contributed by atoms with Gasteiger partial charge in [0, 0.05) is 11.6 Å². The molecule has 7 rings (SSSR count). The number of fused-ring (bicyclic) bond motifs is 3. The first-order chi connectivity index (χ1) is 19.2. The number of H-pyrrole nitrogens is 1. The molecule has 3 unspecified atom stereocenters. The summed E-state index contributed by atoms with van der Waals surface area (Å²) < 4.78 is 6.33. The number of pyridine rings is 1. The van der Waals surface area contributed by atoms with Gasteiger partial charge in [0.15, 0.2) is 0 Å². The predicted molar refractivity (Wildman–Crippen MR) is 158 cm³/mol. The topological polar surface area (TPSA) is 62.8 Å². The second kappa shape index (κ2) is 10.5. The van der Waals surface area contributed by atoms with Crippen LogP contribution in [0.25, 0.3) is 33.1 Å². The van der Waals surface area contributed by atoms with E-state index < -0.39 is 0 Å². The van der Waals surface area contributed by atoms with Gasteiger partial charge in [0.1, 0.15) is 11.6 Å². The molecule has 5 nitrogen and oxygen atoms in total. The Labute approximate surface area is 230 Å². The maximum Gasteiger partial charge on any atom is 0.124 e. The molecule has 1 fully saturated rings. The highest BCUT2D eigenvalue weighted by Crippen LogP contribution is 2.35. The van der Waals surface area contributed by atoms with E-state index in [1.54, 1.807) is 0 Å². The number of nitrogens with one attached hydrogen (secondary N) is 2. The molecule has 0 spiro atoms. The molecule has 0 radical (unpaired) electrons. The van der Waals surface area contributed by atoms with E-state index in [1.165, 1.54) is 40.5 Å². The Kier molecular flexibility index (Phi) is 6.53. The summed E-state index contributed by atoms with van der Waals surface area (Å²) in [6, 6.07) is 24.3. The first kappa shape index (κ1) is 24.3. The van der Waals surface area contributed by atoms with Crippen molar-refractivity contribution in [3.05, 3.63) is 89.9 Å². The van der Waals surface area contributed by atoms with Gasteiger partial charge in [0.2, 0.25) is 0 Å². The fraction of sp³-hybridized carbons (Fsp3) is 0.353. The Morgan fingerprint density at radius 1 is 0.923 bits per heavy atom. The highest BCUT2D eigenvalue weighted by atomic mass is 16.5. The van der Waals surface area contributed by atoms with Crippen molar-refractivity contribution in [2.24, 2.45) is 11.8 Å². The van der Waals surface area contributed by atoms with E-state index in [2.05, 4.69) is 88.9 Å². The van der Waals surface area contributed by atoms with E-state index in [-0.39, 0.29) is 0 Å². The molecule has 198 valence electrons. The molecule has 2 aliphatic rings. The molecule has 2 aromatic heterocycles. The summed E-state index contributed by atoms with van der Waals surface area (Å²) in [5, 5.41) is 4.88. The van der Waals surface area contributed by atoms with Crippen LogP contribution in [0.2, 0.25) is 0 Å². The smallest absolute Gasteiger partial charge is 0.124 e. The lowest BCUT2D eigenvalue weighted by molar-refractivity contribution is 0.222. The normalized spacial score (nSPS) is 21.7. The summed E-state index contributed by atoms with van der Waals surface area (Å²) in [5.74, 6) is 3.21. The molecule has 4 heterocycles. The SMILES string of the molecule is CC1Cc2cc(-c3ccc4nc(C5CCCCN5)[nH]c4c3)ccc2OCCC1Cc1ccnc2ccccc12. The number of nitrogens with zero attached hydrogens (tertiary/aromatic N) is 2. The van der Waals surface area contributed by atoms with E-state index in [0.717, 1.165) is 67.0 Å². The summed E-state index contributed by atoms with van der Waals surface area (Å²) in [6.07, 6.45) is 8.74. The minimum Gasteiger partial charge on any atom is -0.493 e. The fourth-order valence-electron chi connectivity index (χ4n) is 6.56. The van der Waals surface area contributed by atoms with Crippen molar-refractivity contribution in [2.45, 2.75) is 51.5 Å². The highest BCUT2D eigenvalue weighted by Gasteiger charge is 2.24. The quantitative estimate of drug-likeness (QED) is 0.261. The van der Waals surface area contributed by atoms with Crippen LogP contribution >= 0.6 is 0 Å². The molecule has 3 aromatic carbocycles. The van der Waals surface area contributed by atoms with E-state index in [9.17, 15) is 0 Å². The third kappa shape index (κ3) is 4.92. The average molecular weight is 517 g/mol. The van der Waals surface area contributed by atoms with Gasteiger partial charge in [-0.1, -0.05) is 43.7 Å². The predicted octanol–water partition coefficient (Wildman–Crippen LogP) is 7.41. The molecular formula is C34H36N4O. The van der Waals surface area contributed by atoms with Gasteiger partial charge in [-0.15, -0.1) is 0 Å². The largest absolute Gasteiger partial charge is 0.493 e. The van der Waals surface area contributed by atoms with Gasteiger partial charge in [-0.25, -0.2) is 4.98 Å². The second-order valence-electron chi connectivity index (χ2n) is 11.4. The monoisotopic (exact) mass is 516 g/mol. The number of aromatic amines is 1. The molecule has 3 atom stereocenters. The van der Waals surface area contributed by atoms with Crippen LogP contribution in [-0.4, -0.2) is 28.1 Å². The summed E-state index contributed by atoms with van der Waals surface area (Å²) in [5.41, 5.74) is 8.37. The zero-order chi connectivity index (χ0) is 26.2. The third-order valence-corrected chi connectivity index (χ3v) is 8.85. The summed E-state index contributed by atoms with van der Waals surface area (Å²) >= 11 is 0. The van der Waals surface area contributed by atoms with Gasteiger partial charge in [0.25, 0.3) is 0 Å². The number of rotatable bonds is 4. The Morgan fingerprint density at radius 2 is 1.82 bits per heavy atom. The van der Waals surface area contributed by atoms with Crippen LogP contribution in [0, 0.1) is 11.8 Å². The first-order valence-corrected chi connectivity index (χ1v) is 14.5. The van der Waals surface area contributed by atoms with Gasteiger partial charge < -0.3 is 15.0 Å². The first-order valence-electron chi connectivity index (χ1n) is 14.5. The standard InChI is InChI=1S/C34H36N4O/c1-22-18-27-20-24(25-9-11-30-32(21-25)38-34(37-30)31-8-4-5-15-35-31)10-12-33(27)39-17-14-23(22)19-26-13-16-36-29-7-3-2-6-28(26)29/h2-3,6-7,9-13,16,20-23,31,35H,4-5,8,14-15,17-19H2,1H3,(H,37,38). The van der Waals surface area contributed by atoms with Crippen LogP contribution in [-0.2, 0) is 12.8 Å². The molecule has 2 N–H and O–H groups in total. The molecule has 0 bridgehead atoms. The molecule has 0 amide bonds. The second-order valence-corrected chi connectivity index (χ2v) is 11.4. The minimum atomic E-state index is 0.336. The number of piperidine rings is 1. The highest BCUT2D eigenvalue weighted by molar-refractivity contribution is 5.83. The van der Waals surface area contributed by atoms with Crippen molar-refractivity contribution in [1.29, 1.82) is 0 Å². The van der Waals surface area contributed by atoms with Crippen molar-refractivity contribution in [2.75, 3.05) is 13.2 Å². The number of hydrogen-bond donors (Lipinski definition) is 2. The van der Waals surface area contributed by atoms with Gasteiger partial charge in [-0.2, -0.15) is 0 Å². The van der Waals surface area contributed by atoms with Crippen LogP contribution in [0.5, 0.6) is 5.75 Å². The minimum absolute atomic E-state index is 0.336. The number of aromatic nitrogens is 3. The summed E-state index contributed by atoms with van der Waals surface area (Å²) in [6.45, 7) is 4.23. The Hall–Kier alpha value is -3.70. The lowest BCUT2D eigenvalue weighted by atomic mass is 9.80. The lowest BCUT2D eigenvalue weighted by Crippen LogP contribution is -2.27. The molecule has 5 heteroatoms. The average Bonchev–Trinajstić information content (AvgIpc) is 3.41. The maximum absolute atomic E-state index is 6.33. The van der Waals surface area contributed by atoms with E-state index in [0.29, 0.717) is 17.9 Å². The van der Waals surface area contributed by atoms with E-state index in [4.69, 9.17) is 9.72 Å². The molecule has 1 saturated heterocycles. The summed E-state index contributed by atoms with van der Waals surface area (Å²) in [7, 11) is 0. The molecule has 39 heavy (non-hydrogen) atoms. The van der Waals surface area contributed by atoms with Gasteiger partial charge in [-0.05, 0) is 109 Å². The fourth-order valence-corrected chi connectivity index (χ4v) is 6.56. The van der Waals surface area contributed by atoms with Crippen LogP contribution < -0.4 is 10.1 Å². The molecular weight excluding hydrogens is 480 g/mol. The molecule has 2 aliphatic heterocycles. The molecule has 5 aromatic rings. The zero-order valence-corrected chi connectivity index (χ0v) is 22.6. The number of hydrogen-bond acceptors (Lipinski definition) is 4. The number of imidazole rings is 1. The van der Waals surface area contributed by atoms with Crippen molar-refractivity contribution in [1.82, 2.24) is 20.3 Å². The molecule has 0 saturated carbocycles. The zero-order valence-electron chi connectivity index (χ0n) is 22.6. The van der Waals surface area contributed by atoms with E-state index in [1.807, 2.05) is 6.20 Å². The number of ether oxygens (including phenoxy) is 1. The van der Waals surface area contributed by atoms with Crippen molar-refractivity contribution >= 4 is 21.9 Å². The van der Waals surface area contributed by atoms with Gasteiger partial charge >= 0.3 is 0 Å². The number of para-hydroxylation sites is 1. The van der Waals surface area contributed by atoms with E-state index >= 15 is 0 Å². The van der Waals surface area contributed by atoms with Crippen molar-refractivity contribution in [3.63, 3.8) is 0 Å². The van der Waals surface area contributed by atoms with Crippen LogP contribution in [0.1, 0.15) is 55.6 Å². The van der Waals surface area contributed by atoms with Crippen molar-refractivity contribution in [3.8, 4) is 16.9 Å². The lowest BCUT2D eigenvalue weighted by Gasteiger charge is -2.28. The Morgan fingerprint density at radius 3 is 2.74 bits per heavy atom. The van der Waals surface area contributed by atoms with Crippen LogP contribution in [0.15, 0.2) is 72.9 Å². The van der Waals surface area contributed by atoms with Gasteiger partial charge in [0.05, 0.1) is 29.2 Å². The summed E-state index contributed by atoms with van der Waals surface area (Å²) in [4.78, 5) is 13.1.